The Morgan fingerprint density at radius 1 is 1.27 bits per heavy atom. The number of halogens is 1. The summed E-state index contributed by atoms with van der Waals surface area (Å²) < 4.78 is 0. The first kappa shape index (κ1) is 15.0. The van der Waals surface area contributed by atoms with Gasteiger partial charge in [-0.1, -0.05) is 29.9 Å². The summed E-state index contributed by atoms with van der Waals surface area (Å²) >= 11 is 5.76. The van der Waals surface area contributed by atoms with Crippen LogP contribution in [0.15, 0.2) is 30.3 Å². The molecule has 1 radical (unpaired) electrons. The number of hydrogen-bond acceptors (Lipinski definition) is 1. The number of pyridine rings is 1. The van der Waals surface area contributed by atoms with Crippen LogP contribution in [0.25, 0.3) is 10.9 Å². The van der Waals surface area contributed by atoms with Crippen LogP contribution in [-0.4, -0.2) is 4.98 Å². The minimum absolute atomic E-state index is 0. The molecule has 0 fully saturated rings. The molecule has 0 aliphatic heterocycles. The van der Waals surface area contributed by atoms with E-state index in [0.29, 0.717) is 5.02 Å². The fraction of sp³-hybridized carbons (Fsp3) is 0.167. The minimum Gasteiger partial charge on any atom is -0.386 e. The van der Waals surface area contributed by atoms with Gasteiger partial charge in [-0.2, -0.15) is 26.0 Å². The molecule has 2 rings (SSSR count). The molecule has 0 aliphatic carbocycles. The SMILES string of the molecule is C[CH-]C.Clc1ccc2cc[c-]nc2c1.[Y]. The second-order valence-electron chi connectivity index (χ2n) is 2.85. The van der Waals surface area contributed by atoms with E-state index in [4.69, 9.17) is 11.6 Å². The van der Waals surface area contributed by atoms with Gasteiger partial charge in [-0.25, -0.2) is 0 Å². The van der Waals surface area contributed by atoms with Gasteiger partial charge in [0.1, 0.15) is 0 Å². The molecule has 1 aromatic carbocycles. The fourth-order valence-corrected chi connectivity index (χ4v) is 1.15. The van der Waals surface area contributed by atoms with Gasteiger partial charge in [-0.3, -0.25) is 0 Å². The Bertz CT molecular complexity index is 403. The second-order valence-corrected chi connectivity index (χ2v) is 3.29. The van der Waals surface area contributed by atoms with Crippen molar-refractivity contribution in [2.24, 2.45) is 0 Å². The van der Waals surface area contributed by atoms with Crippen LogP contribution in [-0.2, 0) is 32.7 Å². The van der Waals surface area contributed by atoms with Crippen LogP contribution in [0.2, 0.25) is 5.02 Å². The maximum absolute atomic E-state index is 5.76. The third-order valence-electron chi connectivity index (χ3n) is 1.51. The number of hydrogen-bond donors (Lipinski definition) is 0. The van der Waals surface area contributed by atoms with Crippen molar-refractivity contribution in [1.29, 1.82) is 0 Å². The summed E-state index contributed by atoms with van der Waals surface area (Å²) in [5, 5.41) is 1.80. The Morgan fingerprint density at radius 2 is 1.93 bits per heavy atom. The van der Waals surface area contributed by atoms with E-state index in [9.17, 15) is 0 Å². The maximum Gasteiger partial charge on any atom is 0.0305 e. The van der Waals surface area contributed by atoms with Crippen LogP contribution in [0.5, 0.6) is 0 Å². The molecule has 0 saturated heterocycles. The van der Waals surface area contributed by atoms with E-state index in [2.05, 4.69) is 11.2 Å². The average molecular weight is 295 g/mol. The Labute approximate surface area is 121 Å². The maximum atomic E-state index is 5.76. The smallest absolute Gasteiger partial charge is 0.0305 e. The van der Waals surface area contributed by atoms with Gasteiger partial charge in [0.15, 0.2) is 0 Å². The van der Waals surface area contributed by atoms with Gasteiger partial charge in [0.2, 0.25) is 0 Å². The summed E-state index contributed by atoms with van der Waals surface area (Å²) in [6.45, 7) is 4.00. The Hall–Kier alpha value is 0.0239. The summed E-state index contributed by atoms with van der Waals surface area (Å²) in [4.78, 5) is 4.03. The van der Waals surface area contributed by atoms with Crippen molar-refractivity contribution in [3.63, 3.8) is 0 Å². The summed E-state index contributed by atoms with van der Waals surface area (Å²) in [5.74, 6) is 0. The molecular formula is C12H12ClNY-2. The molecule has 0 saturated carbocycles. The largest absolute Gasteiger partial charge is 0.386 e. The quantitative estimate of drug-likeness (QED) is 0.671. The van der Waals surface area contributed by atoms with E-state index in [1.807, 2.05) is 44.5 Å². The predicted molar refractivity (Wildman–Crippen MR) is 61.2 cm³/mol. The van der Waals surface area contributed by atoms with E-state index in [1.54, 1.807) is 6.07 Å². The fourth-order valence-electron chi connectivity index (χ4n) is 0.988. The van der Waals surface area contributed by atoms with Crippen molar-refractivity contribution < 1.29 is 32.7 Å². The standard InChI is InChI=1S/C9H5ClN.C3H7.Y/c10-8-4-3-7-2-1-5-11-9(7)6-8;1-3-2;/h1-4,6H;3H,1-2H3;/q2*-1;. The molecule has 2 aromatic rings. The molecule has 0 spiro atoms. The van der Waals surface area contributed by atoms with E-state index >= 15 is 0 Å². The molecule has 77 valence electrons. The van der Waals surface area contributed by atoms with Crippen LogP contribution in [0.3, 0.4) is 0 Å². The molecule has 0 amide bonds. The normalized spacial score (nSPS) is 8.73. The van der Waals surface area contributed by atoms with E-state index in [-0.39, 0.29) is 32.7 Å². The number of benzene rings is 1. The monoisotopic (exact) mass is 294 g/mol. The predicted octanol–water partition coefficient (Wildman–Crippen LogP) is 3.92. The minimum atomic E-state index is 0. The van der Waals surface area contributed by atoms with Gasteiger partial charge in [-0.05, 0) is 11.6 Å². The molecule has 1 aromatic heterocycles. The zero-order valence-corrected chi connectivity index (χ0v) is 12.5. The van der Waals surface area contributed by atoms with Crippen molar-refractivity contribution in [2.45, 2.75) is 13.8 Å². The summed E-state index contributed by atoms with van der Waals surface area (Å²) in [6.07, 6.45) is 4.75. The van der Waals surface area contributed by atoms with Gasteiger partial charge >= 0.3 is 0 Å². The average Bonchev–Trinajstić information content (AvgIpc) is 2.19. The summed E-state index contributed by atoms with van der Waals surface area (Å²) in [6, 6.07) is 9.37. The number of aromatic nitrogens is 1. The van der Waals surface area contributed by atoms with Crippen LogP contribution in [0.1, 0.15) is 13.8 Å². The molecule has 0 unspecified atom stereocenters. The van der Waals surface area contributed by atoms with Crippen LogP contribution < -0.4 is 0 Å². The molecule has 0 bridgehead atoms. The van der Waals surface area contributed by atoms with E-state index in [1.165, 1.54) is 0 Å². The number of nitrogens with zero attached hydrogens (tertiary/aromatic N) is 1. The molecule has 0 atom stereocenters. The van der Waals surface area contributed by atoms with Gasteiger partial charge in [0.05, 0.1) is 0 Å². The Balaban J connectivity index is 0.000000443. The zero-order chi connectivity index (χ0) is 10.4. The third kappa shape index (κ3) is 5.06. The Morgan fingerprint density at radius 3 is 2.60 bits per heavy atom. The van der Waals surface area contributed by atoms with E-state index < -0.39 is 0 Å². The van der Waals surface area contributed by atoms with Crippen LogP contribution in [0.4, 0.5) is 0 Å². The summed E-state index contributed by atoms with van der Waals surface area (Å²) in [7, 11) is 0. The molecule has 1 nitrogen and oxygen atoms in total. The first-order valence-electron chi connectivity index (χ1n) is 4.44. The van der Waals surface area contributed by atoms with Gasteiger partial charge < -0.3 is 11.4 Å². The van der Waals surface area contributed by atoms with Gasteiger partial charge in [0, 0.05) is 37.7 Å². The second kappa shape index (κ2) is 8.21. The molecule has 0 N–H and O–H groups in total. The number of fused-ring (bicyclic) bond motifs is 1. The van der Waals surface area contributed by atoms with Crippen molar-refractivity contribution >= 4 is 22.5 Å². The third-order valence-corrected chi connectivity index (χ3v) is 1.75. The number of rotatable bonds is 0. The van der Waals surface area contributed by atoms with Crippen LogP contribution in [0, 0.1) is 12.6 Å². The van der Waals surface area contributed by atoms with Crippen LogP contribution >= 0.6 is 11.6 Å². The first-order chi connectivity index (χ1) is 6.77. The van der Waals surface area contributed by atoms with E-state index in [0.717, 1.165) is 10.9 Å². The van der Waals surface area contributed by atoms with Gasteiger partial charge in [-0.15, -0.1) is 5.39 Å². The van der Waals surface area contributed by atoms with Crippen molar-refractivity contribution in [1.82, 2.24) is 4.98 Å². The molecule has 1 heterocycles. The van der Waals surface area contributed by atoms with Crippen molar-refractivity contribution in [3.8, 4) is 0 Å². The topological polar surface area (TPSA) is 12.9 Å². The van der Waals surface area contributed by atoms with Crippen molar-refractivity contribution in [2.75, 3.05) is 0 Å². The molecular weight excluding hydrogens is 282 g/mol. The first-order valence-corrected chi connectivity index (χ1v) is 4.82. The van der Waals surface area contributed by atoms with Gasteiger partial charge in [0.25, 0.3) is 0 Å². The Kier molecular flexibility index (Phi) is 8.22. The molecule has 3 heteroatoms. The molecule has 0 aliphatic rings. The molecule has 15 heavy (non-hydrogen) atoms. The summed E-state index contributed by atoms with van der Waals surface area (Å²) in [5.41, 5.74) is 0.889. The zero-order valence-electron chi connectivity index (χ0n) is 8.87. The van der Waals surface area contributed by atoms with Crippen molar-refractivity contribution in [3.05, 3.63) is 48.0 Å².